The Morgan fingerprint density at radius 1 is 1.18 bits per heavy atom. The summed E-state index contributed by atoms with van der Waals surface area (Å²) in [5.41, 5.74) is 0.935. The molecule has 5 heteroatoms. The molecule has 1 aliphatic carbocycles. The molecule has 116 valence electrons. The van der Waals surface area contributed by atoms with Gasteiger partial charge in [0.2, 0.25) is 0 Å². The summed E-state index contributed by atoms with van der Waals surface area (Å²) in [6.07, 6.45) is 4.13. The number of amides is 3. The highest BCUT2D eigenvalue weighted by Crippen LogP contribution is 2.35. The number of nitrogens with one attached hydrogen (secondary N) is 1. The minimum Gasteiger partial charge on any atom is -0.323 e. The summed E-state index contributed by atoms with van der Waals surface area (Å²) in [5, 5.41) is 2.79. The quantitative estimate of drug-likeness (QED) is 0.685. The minimum atomic E-state index is -0.747. The van der Waals surface area contributed by atoms with Gasteiger partial charge < -0.3 is 5.32 Å². The summed E-state index contributed by atoms with van der Waals surface area (Å²) in [6.45, 7) is 1.86. The molecular formula is C17H20N2O3. The van der Waals surface area contributed by atoms with Gasteiger partial charge in [0.15, 0.2) is 5.78 Å². The van der Waals surface area contributed by atoms with Crippen molar-refractivity contribution < 1.29 is 14.4 Å². The molecule has 1 aromatic carbocycles. The first-order chi connectivity index (χ1) is 10.6. The molecule has 22 heavy (non-hydrogen) atoms. The van der Waals surface area contributed by atoms with Gasteiger partial charge in [0, 0.05) is 5.56 Å². The molecule has 0 unspecified atom stereocenters. The molecule has 1 aliphatic heterocycles. The van der Waals surface area contributed by atoms with Gasteiger partial charge in [-0.05, 0) is 24.8 Å². The second-order valence-electron chi connectivity index (χ2n) is 6.08. The predicted molar refractivity (Wildman–Crippen MR) is 81.6 cm³/mol. The number of aryl methyl sites for hydroxylation is 1. The highest BCUT2D eigenvalue weighted by Gasteiger charge is 2.52. The van der Waals surface area contributed by atoms with Crippen LogP contribution in [0.1, 0.15) is 48.5 Å². The van der Waals surface area contributed by atoms with Crippen molar-refractivity contribution in [2.75, 3.05) is 6.54 Å². The molecule has 0 bridgehead atoms. The van der Waals surface area contributed by atoms with Gasteiger partial charge in [-0.1, -0.05) is 44.0 Å². The van der Waals surface area contributed by atoms with E-state index in [9.17, 15) is 14.4 Å². The molecule has 2 fully saturated rings. The first-order valence-corrected chi connectivity index (χ1v) is 7.82. The fraction of sp³-hybridized carbons (Fsp3) is 0.471. The maximum atomic E-state index is 12.5. The van der Waals surface area contributed by atoms with E-state index in [1.807, 2.05) is 19.1 Å². The Labute approximate surface area is 129 Å². The van der Waals surface area contributed by atoms with Crippen LogP contribution in [0.5, 0.6) is 0 Å². The SMILES string of the molecule is CCc1ccc(C(=O)CN2C(=O)NC3(CCCC3)C2=O)cc1. The van der Waals surface area contributed by atoms with E-state index in [1.54, 1.807) is 12.1 Å². The summed E-state index contributed by atoms with van der Waals surface area (Å²) in [4.78, 5) is 37.9. The Hall–Kier alpha value is -2.17. The van der Waals surface area contributed by atoms with Crippen LogP contribution in [0.3, 0.4) is 0 Å². The van der Waals surface area contributed by atoms with Crippen LogP contribution in [-0.2, 0) is 11.2 Å². The lowest BCUT2D eigenvalue weighted by Crippen LogP contribution is -2.44. The molecular weight excluding hydrogens is 280 g/mol. The van der Waals surface area contributed by atoms with E-state index >= 15 is 0 Å². The number of imide groups is 1. The number of benzene rings is 1. The van der Waals surface area contributed by atoms with Crippen molar-refractivity contribution in [2.24, 2.45) is 0 Å². The fourth-order valence-corrected chi connectivity index (χ4v) is 3.30. The number of Topliss-reactive ketones (excluding diaryl/α,β-unsaturated/α-hetero) is 1. The van der Waals surface area contributed by atoms with Gasteiger partial charge in [0.25, 0.3) is 5.91 Å². The maximum Gasteiger partial charge on any atom is 0.325 e. The van der Waals surface area contributed by atoms with Crippen LogP contribution in [0.4, 0.5) is 4.79 Å². The molecule has 1 N–H and O–H groups in total. The Morgan fingerprint density at radius 3 is 2.41 bits per heavy atom. The Morgan fingerprint density at radius 2 is 1.82 bits per heavy atom. The van der Waals surface area contributed by atoms with Gasteiger partial charge in [0.1, 0.15) is 5.54 Å². The molecule has 5 nitrogen and oxygen atoms in total. The Bertz CT molecular complexity index is 615. The number of rotatable bonds is 4. The predicted octanol–water partition coefficient (Wildman–Crippen LogP) is 2.30. The van der Waals surface area contributed by atoms with Gasteiger partial charge in [0.05, 0.1) is 6.54 Å². The molecule has 2 aliphatic rings. The molecule has 1 saturated heterocycles. The molecule has 0 atom stereocenters. The lowest BCUT2D eigenvalue weighted by atomic mass is 9.98. The number of carbonyl (C=O) groups is 3. The maximum absolute atomic E-state index is 12.5. The lowest BCUT2D eigenvalue weighted by Gasteiger charge is -2.19. The lowest BCUT2D eigenvalue weighted by molar-refractivity contribution is -0.130. The van der Waals surface area contributed by atoms with Gasteiger partial charge >= 0.3 is 6.03 Å². The topological polar surface area (TPSA) is 66.5 Å². The highest BCUT2D eigenvalue weighted by atomic mass is 16.2. The standard InChI is InChI=1S/C17H20N2O3/c1-2-12-5-7-13(8-6-12)14(20)11-19-15(21)17(18-16(19)22)9-3-4-10-17/h5-8H,2-4,9-11H2,1H3,(H,18,22). The normalized spacial score (nSPS) is 19.8. The molecule has 0 radical (unpaired) electrons. The zero-order chi connectivity index (χ0) is 15.7. The summed E-state index contributed by atoms with van der Waals surface area (Å²) in [6, 6.07) is 6.87. The van der Waals surface area contributed by atoms with Gasteiger partial charge in [-0.25, -0.2) is 4.79 Å². The Balaban J connectivity index is 1.73. The molecule has 3 rings (SSSR count). The van der Waals surface area contributed by atoms with Crippen molar-refractivity contribution in [3.8, 4) is 0 Å². The van der Waals surface area contributed by atoms with Gasteiger partial charge in [-0.2, -0.15) is 0 Å². The van der Waals surface area contributed by atoms with Crippen molar-refractivity contribution in [3.05, 3.63) is 35.4 Å². The molecule has 0 aromatic heterocycles. The van der Waals surface area contributed by atoms with Crippen LogP contribution in [-0.4, -0.2) is 34.7 Å². The van der Waals surface area contributed by atoms with E-state index in [0.717, 1.165) is 29.7 Å². The van der Waals surface area contributed by atoms with E-state index in [2.05, 4.69) is 5.32 Å². The number of hydrogen-bond donors (Lipinski definition) is 1. The van der Waals surface area contributed by atoms with Crippen molar-refractivity contribution in [1.29, 1.82) is 0 Å². The first kappa shape index (κ1) is 14.8. The molecule has 1 spiro atoms. The summed E-state index contributed by atoms with van der Waals surface area (Å²) >= 11 is 0. The second-order valence-corrected chi connectivity index (χ2v) is 6.08. The number of nitrogens with zero attached hydrogens (tertiary/aromatic N) is 1. The third-order valence-electron chi connectivity index (χ3n) is 4.69. The van der Waals surface area contributed by atoms with Crippen molar-refractivity contribution in [3.63, 3.8) is 0 Å². The van der Waals surface area contributed by atoms with Crippen LogP contribution in [0, 0.1) is 0 Å². The zero-order valence-electron chi connectivity index (χ0n) is 12.7. The zero-order valence-corrected chi connectivity index (χ0v) is 12.7. The number of ketones is 1. The van der Waals surface area contributed by atoms with E-state index in [1.165, 1.54) is 0 Å². The number of carbonyl (C=O) groups excluding carboxylic acids is 3. The third-order valence-corrected chi connectivity index (χ3v) is 4.69. The van der Waals surface area contributed by atoms with Crippen LogP contribution < -0.4 is 5.32 Å². The largest absolute Gasteiger partial charge is 0.325 e. The molecule has 3 amide bonds. The van der Waals surface area contributed by atoms with E-state index in [4.69, 9.17) is 0 Å². The van der Waals surface area contributed by atoms with E-state index < -0.39 is 11.6 Å². The minimum absolute atomic E-state index is 0.183. The second kappa shape index (κ2) is 5.55. The molecule has 1 saturated carbocycles. The molecule has 1 aromatic rings. The summed E-state index contributed by atoms with van der Waals surface area (Å²) in [7, 11) is 0. The molecule has 1 heterocycles. The highest BCUT2D eigenvalue weighted by molar-refractivity contribution is 6.11. The number of hydrogen-bond acceptors (Lipinski definition) is 3. The average molecular weight is 300 g/mol. The summed E-state index contributed by atoms with van der Waals surface area (Å²) < 4.78 is 0. The summed E-state index contributed by atoms with van der Waals surface area (Å²) in [5.74, 6) is -0.449. The monoisotopic (exact) mass is 300 g/mol. The van der Waals surface area contributed by atoms with E-state index in [0.29, 0.717) is 18.4 Å². The van der Waals surface area contributed by atoms with Crippen molar-refractivity contribution in [1.82, 2.24) is 10.2 Å². The third kappa shape index (κ3) is 2.40. The average Bonchev–Trinajstić information content (AvgIpc) is 3.09. The van der Waals surface area contributed by atoms with Crippen LogP contribution in [0.2, 0.25) is 0 Å². The van der Waals surface area contributed by atoms with Crippen LogP contribution in [0.25, 0.3) is 0 Å². The number of urea groups is 1. The Kier molecular flexibility index (Phi) is 3.72. The smallest absolute Gasteiger partial charge is 0.323 e. The van der Waals surface area contributed by atoms with Gasteiger partial charge in [-0.3, -0.25) is 14.5 Å². The van der Waals surface area contributed by atoms with Crippen molar-refractivity contribution in [2.45, 2.75) is 44.6 Å². The van der Waals surface area contributed by atoms with Gasteiger partial charge in [-0.15, -0.1) is 0 Å². The van der Waals surface area contributed by atoms with Crippen LogP contribution in [0.15, 0.2) is 24.3 Å². The van der Waals surface area contributed by atoms with Crippen molar-refractivity contribution >= 4 is 17.7 Å². The van der Waals surface area contributed by atoms with Crippen LogP contribution >= 0.6 is 0 Å². The first-order valence-electron chi connectivity index (χ1n) is 7.82. The fourth-order valence-electron chi connectivity index (χ4n) is 3.30. The van der Waals surface area contributed by atoms with E-state index in [-0.39, 0.29) is 18.2 Å².